The molecule has 0 aromatic rings. The van der Waals surface area contributed by atoms with Crippen LogP contribution in [0.25, 0.3) is 0 Å². The Hall–Kier alpha value is -0.120. The number of likely N-dealkylation sites (N-methyl/N-ethyl adjacent to an activating group) is 1. The molecule has 1 saturated carbocycles. The summed E-state index contributed by atoms with van der Waals surface area (Å²) in [7, 11) is 2.21. The van der Waals surface area contributed by atoms with Gasteiger partial charge in [-0.15, -0.1) is 0 Å². The van der Waals surface area contributed by atoms with Crippen LogP contribution in [0.5, 0.6) is 0 Å². The summed E-state index contributed by atoms with van der Waals surface area (Å²) >= 11 is 0. The summed E-state index contributed by atoms with van der Waals surface area (Å²) < 4.78 is 0. The van der Waals surface area contributed by atoms with Crippen LogP contribution in [0.3, 0.4) is 0 Å². The van der Waals surface area contributed by atoms with Gasteiger partial charge in [-0.3, -0.25) is 4.90 Å². The number of aliphatic hydroxyl groups is 1. The van der Waals surface area contributed by atoms with E-state index in [-0.39, 0.29) is 0 Å². The van der Waals surface area contributed by atoms with Crippen molar-refractivity contribution >= 4 is 0 Å². The first-order valence-corrected chi connectivity index (χ1v) is 7.29. The van der Waals surface area contributed by atoms with Gasteiger partial charge in [0, 0.05) is 37.8 Å². The molecule has 0 aromatic carbocycles. The number of rotatable bonds is 3. The van der Waals surface area contributed by atoms with Gasteiger partial charge in [-0.25, -0.2) is 0 Å². The predicted molar refractivity (Wildman–Crippen MR) is 71.2 cm³/mol. The van der Waals surface area contributed by atoms with Gasteiger partial charge in [-0.1, -0.05) is 19.3 Å². The standard InChI is InChI=1S/C14H28N2O/c1-12-10-15(2)11-14(8-9-17)16(12)13-6-4-3-5-7-13/h12-14,17H,3-11H2,1-2H3. The van der Waals surface area contributed by atoms with Gasteiger partial charge in [-0.05, 0) is 33.2 Å². The predicted octanol–water partition coefficient (Wildman–Crippen LogP) is 1.71. The molecule has 1 saturated heterocycles. The number of hydrogen-bond acceptors (Lipinski definition) is 3. The second-order valence-corrected chi connectivity index (χ2v) is 5.98. The lowest BCUT2D eigenvalue weighted by atomic mass is 9.90. The SMILES string of the molecule is CC1CN(C)CC(CCO)N1C1CCCCC1. The van der Waals surface area contributed by atoms with E-state index in [1.54, 1.807) is 0 Å². The Kier molecular flexibility index (Phi) is 4.83. The molecule has 2 atom stereocenters. The quantitative estimate of drug-likeness (QED) is 0.813. The minimum atomic E-state index is 0.328. The number of nitrogens with zero attached hydrogens (tertiary/aromatic N) is 2. The number of aliphatic hydroxyl groups excluding tert-OH is 1. The largest absolute Gasteiger partial charge is 0.396 e. The summed E-state index contributed by atoms with van der Waals surface area (Å²) in [6.45, 7) is 4.99. The van der Waals surface area contributed by atoms with Crippen molar-refractivity contribution in [2.24, 2.45) is 0 Å². The Bertz CT molecular complexity index is 228. The zero-order valence-electron chi connectivity index (χ0n) is 11.4. The summed E-state index contributed by atoms with van der Waals surface area (Å²) in [5.74, 6) is 0. The van der Waals surface area contributed by atoms with Crippen molar-refractivity contribution < 1.29 is 5.11 Å². The average Bonchev–Trinajstić information content (AvgIpc) is 2.30. The smallest absolute Gasteiger partial charge is 0.0446 e. The highest BCUT2D eigenvalue weighted by atomic mass is 16.3. The van der Waals surface area contributed by atoms with Crippen LogP contribution in [0, 0.1) is 0 Å². The number of hydrogen-bond donors (Lipinski definition) is 1. The second-order valence-electron chi connectivity index (χ2n) is 5.98. The zero-order valence-corrected chi connectivity index (χ0v) is 11.4. The first-order valence-electron chi connectivity index (χ1n) is 7.29. The third-order valence-electron chi connectivity index (χ3n) is 4.49. The Morgan fingerprint density at radius 2 is 1.82 bits per heavy atom. The normalized spacial score (nSPS) is 34.1. The molecule has 0 aromatic heterocycles. The van der Waals surface area contributed by atoms with Crippen LogP contribution in [0.2, 0.25) is 0 Å². The summed E-state index contributed by atoms with van der Waals surface area (Å²) in [5.41, 5.74) is 0. The first kappa shape index (κ1) is 13.3. The van der Waals surface area contributed by atoms with Crippen LogP contribution in [0.1, 0.15) is 45.4 Å². The highest BCUT2D eigenvalue weighted by Crippen LogP contribution is 2.29. The van der Waals surface area contributed by atoms with E-state index >= 15 is 0 Å². The van der Waals surface area contributed by atoms with Crippen molar-refractivity contribution in [1.82, 2.24) is 9.80 Å². The minimum Gasteiger partial charge on any atom is -0.396 e. The van der Waals surface area contributed by atoms with E-state index in [1.165, 1.54) is 38.6 Å². The minimum absolute atomic E-state index is 0.328. The molecule has 0 radical (unpaired) electrons. The lowest BCUT2D eigenvalue weighted by molar-refractivity contribution is -0.0123. The Labute approximate surface area is 106 Å². The van der Waals surface area contributed by atoms with Crippen LogP contribution in [0.4, 0.5) is 0 Å². The maximum absolute atomic E-state index is 9.26. The van der Waals surface area contributed by atoms with Crippen molar-refractivity contribution in [3.05, 3.63) is 0 Å². The molecule has 1 aliphatic heterocycles. The van der Waals surface area contributed by atoms with E-state index in [2.05, 4.69) is 23.8 Å². The van der Waals surface area contributed by atoms with Gasteiger partial charge in [0.05, 0.1) is 0 Å². The molecule has 100 valence electrons. The van der Waals surface area contributed by atoms with Gasteiger partial charge in [0.1, 0.15) is 0 Å². The Morgan fingerprint density at radius 3 is 2.47 bits per heavy atom. The van der Waals surface area contributed by atoms with Crippen molar-refractivity contribution in [3.8, 4) is 0 Å². The Morgan fingerprint density at radius 1 is 1.12 bits per heavy atom. The average molecular weight is 240 g/mol. The third kappa shape index (κ3) is 3.21. The summed E-state index contributed by atoms with van der Waals surface area (Å²) in [6.07, 6.45) is 7.89. The summed E-state index contributed by atoms with van der Waals surface area (Å²) in [5, 5.41) is 9.26. The molecule has 2 fully saturated rings. The third-order valence-corrected chi connectivity index (χ3v) is 4.49. The molecule has 2 aliphatic rings. The lowest BCUT2D eigenvalue weighted by Crippen LogP contribution is -2.60. The van der Waals surface area contributed by atoms with Gasteiger partial charge in [0.15, 0.2) is 0 Å². The molecule has 3 heteroatoms. The molecule has 0 amide bonds. The molecule has 1 aliphatic carbocycles. The molecule has 2 rings (SSSR count). The van der Waals surface area contributed by atoms with E-state index in [0.29, 0.717) is 18.7 Å². The van der Waals surface area contributed by atoms with Crippen LogP contribution in [0.15, 0.2) is 0 Å². The van der Waals surface area contributed by atoms with E-state index in [4.69, 9.17) is 0 Å². The van der Waals surface area contributed by atoms with Crippen LogP contribution in [-0.4, -0.2) is 59.8 Å². The number of piperazine rings is 1. The summed E-state index contributed by atoms with van der Waals surface area (Å²) in [6, 6.07) is 1.99. The molecular formula is C14H28N2O. The molecular weight excluding hydrogens is 212 g/mol. The lowest BCUT2D eigenvalue weighted by Gasteiger charge is -2.49. The van der Waals surface area contributed by atoms with Gasteiger partial charge < -0.3 is 10.0 Å². The fourth-order valence-corrected chi connectivity index (χ4v) is 3.86. The van der Waals surface area contributed by atoms with E-state index in [0.717, 1.165) is 19.0 Å². The summed E-state index contributed by atoms with van der Waals surface area (Å²) in [4.78, 5) is 5.15. The van der Waals surface area contributed by atoms with Crippen molar-refractivity contribution in [2.45, 2.75) is 63.6 Å². The maximum atomic E-state index is 9.26. The van der Waals surface area contributed by atoms with Crippen molar-refractivity contribution in [2.75, 3.05) is 26.7 Å². The first-order chi connectivity index (χ1) is 8.22. The highest BCUT2D eigenvalue weighted by Gasteiger charge is 2.35. The fraction of sp³-hybridized carbons (Fsp3) is 1.00. The van der Waals surface area contributed by atoms with Crippen LogP contribution >= 0.6 is 0 Å². The van der Waals surface area contributed by atoms with Crippen molar-refractivity contribution in [1.29, 1.82) is 0 Å². The molecule has 0 spiro atoms. The van der Waals surface area contributed by atoms with Gasteiger partial charge in [0.25, 0.3) is 0 Å². The monoisotopic (exact) mass is 240 g/mol. The second kappa shape index (κ2) is 6.17. The molecule has 1 N–H and O–H groups in total. The topological polar surface area (TPSA) is 26.7 Å². The van der Waals surface area contributed by atoms with E-state index in [9.17, 15) is 5.11 Å². The van der Waals surface area contributed by atoms with Gasteiger partial charge in [-0.2, -0.15) is 0 Å². The van der Waals surface area contributed by atoms with E-state index in [1.807, 2.05) is 0 Å². The van der Waals surface area contributed by atoms with Crippen LogP contribution < -0.4 is 0 Å². The maximum Gasteiger partial charge on any atom is 0.0446 e. The van der Waals surface area contributed by atoms with Gasteiger partial charge >= 0.3 is 0 Å². The molecule has 0 bridgehead atoms. The molecule has 3 nitrogen and oxygen atoms in total. The van der Waals surface area contributed by atoms with Crippen LogP contribution in [-0.2, 0) is 0 Å². The fourth-order valence-electron chi connectivity index (χ4n) is 3.86. The van der Waals surface area contributed by atoms with Crippen molar-refractivity contribution in [3.63, 3.8) is 0 Å². The zero-order chi connectivity index (χ0) is 12.3. The van der Waals surface area contributed by atoms with Gasteiger partial charge in [0.2, 0.25) is 0 Å². The van der Waals surface area contributed by atoms with E-state index < -0.39 is 0 Å². The molecule has 2 unspecified atom stereocenters. The molecule has 1 heterocycles. The molecule has 17 heavy (non-hydrogen) atoms. The Balaban J connectivity index is 2.03. The highest BCUT2D eigenvalue weighted by molar-refractivity contribution is 4.91.